The molecule has 0 saturated carbocycles. The zero-order valence-electron chi connectivity index (χ0n) is 7.96. The Kier molecular flexibility index (Phi) is 4.43. The maximum absolute atomic E-state index is 11.5. The first-order valence-corrected chi connectivity index (χ1v) is 5.43. The van der Waals surface area contributed by atoms with Crippen LogP contribution in [-0.2, 0) is 0 Å². The average molecular weight is 315 g/mol. The van der Waals surface area contributed by atoms with Crippen LogP contribution in [-0.4, -0.2) is 17.6 Å². The highest BCUT2D eigenvalue weighted by atomic mass is 127. The van der Waals surface area contributed by atoms with Crippen molar-refractivity contribution in [3.05, 3.63) is 27.3 Å². The molecule has 15 heavy (non-hydrogen) atoms. The molecule has 0 unspecified atom stereocenters. The predicted molar refractivity (Wildman–Crippen MR) is 66.6 cm³/mol. The van der Waals surface area contributed by atoms with Crippen molar-refractivity contribution in [2.24, 2.45) is 0 Å². The number of halogens is 1. The van der Waals surface area contributed by atoms with Crippen LogP contribution in [0.1, 0.15) is 16.8 Å². The van der Waals surface area contributed by atoms with Gasteiger partial charge in [0.15, 0.2) is 0 Å². The fourth-order valence-electron chi connectivity index (χ4n) is 1.00. The lowest BCUT2D eigenvalue weighted by Crippen LogP contribution is -2.24. The first-order valence-electron chi connectivity index (χ1n) is 4.35. The Morgan fingerprint density at radius 1 is 1.60 bits per heavy atom. The molecular weight excluding hydrogens is 305 g/mol. The number of hydrogen-bond donors (Lipinski definition) is 2. The van der Waals surface area contributed by atoms with Crippen LogP contribution >= 0.6 is 22.6 Å². The molecule has 0 heterocycles. The standard InChI is InChI=1S/C11H10INO2/c1-2-3-6-13-11(15)8-4-5-9(12)10(14)7-8/h1,4-5,7,14H,3,6H2,(H,13,15). The highest BCUT2D eigenvalue weighted by Gasteiger charge is 2.06. The Hall–Kier alpha value is -1.22. The summed E-state index contributed by atoms with van der Waals surface area (Å²) >= 11 is 1.99. The van der Waals surface area contributed by atoms with Crippen molar-refractivity contribution < 1.29 is 9.90 Å². The van der Waals surface area contributed by atoms with E-state index in [4.69, 9.17) is 6.42 Å². The van der Waals surface area contributed by atoms with E-state index in [2.05, 4.69) is 11.2 Å². The maximum Gasteiger partial charge on any atom is 0.251 e. The zero-order chi connectivity index (χ0) is 11.3. The topological polar surface area (TPSA) is 49.3 Å². The van der Waals surface area contributed by atoms with E-state index in [1.165, 1.54) is 6.07 Å². The van der Waals surface area contributed by atoms with Crippen LogP contribution in [0.5, 0.6) is 5.75 Å². The average Bonchev–Trinajstić information content (AvgIpc) is 2.22. The lowest BCUT2D eigenvalue weighted by atomic mass is 10.2. The number of terminal acetylenes is 1. The number of benzene rings is 1. The van der Waals surface area contributed by atoms with Crippen LogP contribution in [0, 0.1) is 15.9 Å². The van der Waals surface area contributed by atoms with Gasteiger partial charge in [-0.2, -0.15) is 0 Å². The van der Waals surface area contributed by atoms with E-state index >= 15 is 0 Å². The summed E-state index contributed by atoms with van der Waals surface area (Å²) in [4.78, 5) is 11.5. The lowest BCUT2D eigenvalue weighted by molar-refractivity contribution is 0.0954. The van der Waals surface area contributed by atoms with E-state index in [1.807, 2.05) is 22.6 Å². The molecule has 4 heteroatoms. The number of phenolic OH excluding ortho intramolecular Hbond substituents is 1. The number of carbonyl (C=O) groups excluding carboxylic acids is 1. The van der Waals surface area contributed by atoms with Crippen molar-refractivity contribution in [3.8, 4) is 18.1 Å². The molecule has 1 aromatic carbocycles. The van der Waals surface area contributed by atoms with Crippen molar-refractivity contribution in [1.82, 2.24) is 5.32 Å². The summed E-state index contributed by atoms with van der Waals surface area (Å²) in [5, 5.41) is 12.1. The minimum absolute atomic E-state index is 0.111. The van der Waals surface area contributed by atoms with Crippen molar-refractivity contribution >= 4 is 28.5 Å². The number of carbonyl (C=O) groups is 1. The van der Waals surface area contributed by atoms with Crippen LogP contribution in [0.2, 0.25) is 0 Å². The third-order valence-corrected chi connectivity index (χ3v) is 2.68. The van der Waals surface area contributed by atoms with Crippen LogP contribution < -0.4 is 5.32 Å². The number of rotatable bonds is 3. The molecule has 78 valence electrons. The quantitative estimate of drug-likeness (QED) is 0.507. The summed E-state index contributed by atoms with van der Waals surface area (Å²) in [6, 6.07) is 4.78. The van der Waals surface area contributed by atoms with Gasteiger partial charge in [-0.1, -0.05) is 0 Å². The van der Waals surface area contributed by atoms with E-state index < -0.39 is 0 Å². The summed E-state index contributed by atoms with van der Waals surface area (Å²) in [7, 11) is 0. The maximum atomic E-state index is 11.5. The number of nitrogens with one attached hydrogen (secondary N) is 1. The fraction of sp³-hybridized carbons (Fsp3) is 0.182. The molecule has 0 saturated heterocycles. The fourth-order valence-corrected chi connectivity index (χ4v) is 1.34. The molecule has 0 bridgehead atoms. The van der Waals surface area contributed by atoms with E-state index in [0.29, 0.717) is 22.1 Å². The predicted octanol–water partition coefficient (Wildman–Crippen LogP) is 1.75. The third-order valence-electron chi connectivity index (χ3n) is 1.76. The number of aromatic hydroxyl groups is 1. The molecular formula is C11H10INO2. The minimum atomic E-state index is -0.225. The van der Waals surface area contributed by atoms with Gasteiger partial charge >= 0.3 is 0 Å². The smallest absolute Gasteiger partial charge is 0.251 e. The van der Waals surface area contributed by atoms with Gasteiger partial charge in [0.05, 0.1) is 3.57 Å². The molecule has 0 radical (unpaired) electrons. The molecule has 1 amide bonds. The van der Waals surface area contributed by atoms with Gasteiger partial charge in [-0.15, -0.1) is 12.3 Å². The SMILES string of the molecule is C#CCCNC(=O)c1ccc(I)c(O)c1. The van der Waals surface area contributed by atoms with Crippen LogP contribution in [0.4, 0.5) is 0 Å². The van der Waals surface area contributed by atoms with Gasteiger partial charge in [-0.05, 0) is 40.8 Å². The van der Waals surface area contributed by atoms with E-state index in [1.54, 1.807) is 12.1 Å². The summed E-state index contributed by atoms with van der Waals surface area (Å²) in [5.41, 5.74) is 0.435. The molecule has 3 nitrogen and oxygen atoms in total. The molecule has 0 aromatic heterocycles. The molecule has 0 spiro atoms. The van der Waals surface area contributed by atoms with Crippen molar-refractivity contribution in [1.29, 1.82) is 0 Å². The molecule has 0 aliphatic rings. The summed E-state index contributed by atoms with van der Waals surface area (Å²) in [6.45, 7) is 0.447. The Bertz CT molecular complexity index is 410. The number of hydrogen-bond acceptors (Lipinski definition) is 2. The Labute approximate surface area is 102 Å². The molecule has 1 rings (SSSR count). The summed E-state index contributed by atoms with van der Waals surface area (Å²) < 4.78 is 0.716. The Morgan fingerprint density at radius 3 is 2.93 bits per heavy atom. The highest BCUT2D eigenvalue weighted by molar-refractivity contribution is 14.1. The van der Waals surface area contributed by atoms with Gasteiger partial charge in [-0.25, -0.2) is 0 Å². The largest absolute Gasteiger partial charge is 0.507 e. The van der Waals surface area contributed by atoms with Crippen molar-refractivity contribution in [2.45, 2.75) is 6.42 Å². The van der Waals surface area contributed by atoms with Gasteiger partial charge in [-0.3, -0.25) is 4.79 Å². The molecule has 2 N–H and O–H groups in total. The van der Waals surface area contributed by atoms with Gasteiger partial charge in [0, 0.05) is 18.5 Å². The molecule has 0 fully saturated rings. The molecule has 1 aromatic rings. The van der Waals surface area contributed by atoms with E-state index in [-0.39, 0.29) is 11.7 Å². The van der Waals surface area contributed by atoms with Gasteiger partial charge in [0.2, 0.25) is 0 Å². The van der Waals surface area contributed by atoms with Crippen molar-refractivity contribution in [3.63, 3.8) is 0 Å². The molecule has 0 aliphatic carbocycles. The first kappa shape index (κ1) is 11.9. The summed E-state index contributed by atoms with van der Waals surface area (Å²) in [6.07, 6.45) is 5.56. The van der Waals surface area contributed by atoms with Gasteiger partial charge < -0.3 is 10.4 Å². The lowest BCUT2D eigenvalue weighted by Gasteiger charge is -2.04. The zero-order valence-corrected chi connectivity index (χ0v) is 10.1. The van der Waals surface area contributed by atoms with E-state index in [0.717, 1.165) is 0 Å². The first-order chi connectivity index (χ1) is 7.15. The van der Waals surface area contributed by atoms with Crippen molar-refractivity contribution in [2.75, 3.05) is 6.54 Å². The van der Waals surface area contributed by atoms with Crippen LogP contribution in [0.25, 0.3) is 0 Å². The van der Waals surface area contributed by atoms with Crippen LogP contribution in [0.15, 0.2) is 18.2 Å². The molecule has 0 atom stereocenters. The second-order valence-electron chi connectivity index (χ2n) is 2.88. The van der Waals surface area contributed by atoms with Gasteiger partial charge in [0.1, 0.15) is 5.75 Å². The monoisotopic (exact) mass is 315 g/mol. The third kappa shape index (κ3) is 3.44. The minimum Gasteiger partial charge on any atom is -0.507 e. The van der Waals surface area contributed by atoms with Crippen LogP contribution in [0.3, 0.4) is 0 Å². The normalized spacial score (nSPS) is 9.33. The highest BCUT2D eigenvalue weighted by Crippen LogP contribution is 2.20. The van der Waals surface area contributed by atoms with Gasteiger partial charge in [0.25, 0.3) is 5.91 Å². The Morgan fingerprint density at radius 2 is 2.33 bits per heavy atom. The Balaban J connectivity index is 2.67. The number of phenols is 1. The van der Waals surface area contributed by atoms with E-state index in [9.17, 15) is 9.90 Å². The second-order valence-corrected chi connectivity index (χ2v) is 4.04. The molecule has 0 aliphatic heterocycles. The second kappa shape index (κ2) is 5.61. The number of amides is 1. The summed E-state index contributed by atoms with van der Waals surface area (Å²) in [5.74, 6) is 2.32.